The zero-order chi connectivity index (χ0) is 17.0. The maximum Gasteiger partial charge on any atom is 0.238 e. The van der Waals surface area contributed by atoms with Gasteiger partial charge in [0.1, 0.15) is 5.82 Å². The number of anilines is 1. The molecule has 0 atom stereocenters. The lowest BCUT2D eigenvalue weighted by Crippen LogP contribution is -2.17. The summed E-state index contributed by atoms with van der Waals surface area (Å²) in [4.78, 5) is 0. The maximum atomic E-state index is 13.4. The van der Waals surface area contributed by atoms with Crippen LogP contribution in [0, 0.1) is 17.1 Å². The number of hydrogen-bond donors (Lipinski definition) is 1. The Balaban J connectivity index is 2.27. The lowest BCUT2D eigenvalue weighted by atomic mass is 10.1. The lowest BCUT2D eigenvalue weighted by Gasteiger charge is -2.10. The van der Waals surface area contributed by atoms with Crippen molar-refractivity contribution in [1.82, 2.24) is 10.2 Å². The van der Waals surface area contributed by atoms with Crippen LogP contribution in [0.15, 0.2) is 24.3 Å². The minimum atomic E-state index is -3.93. The number of nitrogens with one attached hydrogen (secondary N) is 1. The SMILES string of the molecule is COc1cc(Cl)nnc1NS(=O)(=O)Cc1cc(F)cc(C#N)c1. The molecule has 1 aromatic carbocycles. The van der Waals surface area contributed by atoms with Crippen molar-refractivity contribution in [3.8, 4) is 11.8 Å². The lowest BCUT2D eigenvalue weighted by molar-refractivity contribution is 0.414. The molecule has 0 radical (unpaired) electrons. The first-order valence-electron chi connectivity index (χ1n) is 6.10. The summed E-state index contributed by atoms with van der Waals surface area (Å²) >= 11 is 5.64. The average molecular weight is 357 g/mol. The second kappa shape index (κ2) is 6.76. The largest absolute Gasteiger partial charge is 0.493 e. The predicted octanol–water partition coefficient (Wildman–Crippen LogP) is 2.09. The van der Waals surface area contributed by atoms with Crippen molar-refractivity contribution in [1.29, 1.82) is 5.26 Å². The average Bonchev–Trinajstić information content (AvgIpc) is 2.47. The van der Waals surface area contributed by atoms with Crippen LogP contribution < -0.4 is 9.46 Å². The van der Waals surface area contributed by atoms with E-state index in [-0.39, 0.29) is 27.8 Å². The first-order chi connectivity index (χ1) is 10.8. The molecule has 0 unspecified atom stereocenters. The Labute approximate surface area is 136 Å². The number of halogens is 2. The van der Waals surface area contributed by atoms with Gasteiger partial charge in [-0.2, -0.15) is 5.26 Å². The molecule has 2 rings (SSSR count). The van der Waals surface area contributed by atoms with E-state index in [1.54, 1.807) is 6.07 Å². The number of sulfonamides is 1. The number of hydrogen-bond acceptors (Lipinski definition) is 6. The van der Waals surface area contributed by atoms with Crippen LogP contribution in [0.25, 0.3) is 0 Å². The Hall–Kier alpha value is -2.44. The number of nitriles is 1. The van der Waals surface area contributed by atoms with Gasteiger partial charge in [-0.1, -0.05) is 11.6 Å². The van der Waals surface area contributed by atoms with E-state index in [1.165, 1.54) is 19.2 Å². The van der Waals surface area contributed by atoms with E-state index in [0.29, 0.717) is 0 Å². The predicted molar refractivity (Wildman–Crippen MR) is 81.0 cm³/mol. The molecule has 120 valence electrons. The second-order valence-electron chi connectivity index (χ2n) is 4.41. The molecule has 23 heavy (non-hydrogen) atoms. The molecule has 0 aliphatic carbocycles. The van der Waals surface area contributed by atoms with Crippen molar-refractivity contribution in [2.75, 3.05) is 11.8 Å². The molecule has 1 heterocycles. The highest BCUT2D eigenvalue weighted by molar-refractivity contribution is 7.91. The zero-order valence-electron chi connectivity index (χ0n) is 11.7. The van der Waals surface area contributed by atoms with E-state index >= 15 is 0 Å². The van der Waals surface area contributed by atoms with Crippen LogP contribution in [0.3, 0.4) is 0 Å². The fourth-order valence-electron chi connectivity index (χ4n) is 1.78. The van der Waals surface area contributed by atoms with Crippen LogP contribution in [-0.2, 0) is 15.8 Å². The van der Waals surface area contributed by atoms with Gasteiger partial charge in [0.05, 0.1) is 24.5 Å². The van der Waals surface area contributed by atoms with Crippen molar-refractivity contribution in [3.63, 3.8) is 0 Å². The van der Waals surface area contributed by atoms with E-state index in [0.717, 1.165) is 12.1 Å². The molecule has 1 N–H and O–H groups in total. The Morgan fingerprint density at radius 2 is 2.09 bits per heavy atom. The monoisotopic (exact) mass is 356 g/mol. The third kappa shape index (κ3) is 4.51. The van der Waals surface area contributed by atoms with Crippen molar-refractivity contribution in [2.45, 2.75) is 5.75 Å². The van der Waals surface area contributed by atoms with Crippen LogP contribution in [0.4, 0.5) is 10.2 Å². The van der Waals surface area contributed by atoms with Crippen LogP contribution in [-0.4, -0.2) is 25.7 Å². The molecule has 0 aliphatic heterocycles. The molecule has 0 bridgehead atoms. The zero-order valence-corrected chi connectivity index (χ0v) is 13.3. The van der Waals surface area contributed by atoms with Crippen LogP contribution >= 0.6 is 11.6 Å². The van der Waals surface area contributed by atoms with Gasteiger partial charge in [0, 0.05) is 6.07 Å². The Bertz CT molecular complexity index is 883. The standard InChI is InChI=1S/C13H10ClFN4O3S/c1-22-11-5-12(14)17-18-13(11)19-23(20,21)7-9-2-8(6-16)3-10(15)4-9/h2-5H,7H2,1H3,(H,18,19). The van der Waals surface area contributed by atoms with Crippen molar-refractivity contribution < 1.29 is 17.5 Å². The molecule has 10 heteroatoms. The van der Waals surface area contributed by atoms with Gasteiger partial charge in [-0.3, -0.25) is 4.72 Å². The highest BCUT2D eigenvalue weighted by Gasteiger charge is 2.17. The molecule has 0 saturated heterocycles. The molecular weight excluding hydrogens is 347 g/mol. The second-order valence-corrected chi connectivity index (χ2v) is 6.51. The molecule has 0 aliphatic rings. The van der Waals surface area contributed by atoms with E-state index in [9.17, 15) is 12.8 Å². The van der Waals surface area contributed by atoms with Gasteiger partial charge in [0.15, 0.2) is 10.9 Å². The number of ether oxygens (including phenoxy) is 1. The highest BCUT2D eigenvalue weighted by Crippen LogP contribution is 2.25. The number of nitrogens with zero attached hydrogens (tertiary/aromatic N) is 3. The van der Waals surface area contributed by atoms with Gasteiger partial charge in [-0.25, -0.2) is 12.8 Å². The fourth-order valence-corrected chi connectivity index (χ4v) is 3.03. The summed E-state index contributed by atoms with van der Waals surface area (Å²) in [5, 5.41) is 16.0. The minimum Gasteiger partial charge on any atom is -0.493 e. The number of benzene rings is 1. The third-order valence-electron chi connectivity index (χ3n) is 2.64. The van der Waals surface area contributed by atoms with Crippen LogP contribution in [0.1, 0.15) is 11.1 Å². The summed E-state index contributed by atoms with van der Waals surface area (Å²) in [7, 11) is -2.61. The summed E-state index contributed by atoms with van der Waals surface area (Å²) in [5.41, 5.74) is 0.147. The molecular formula is C13H10ClFN4O3S. The van der Waals surface area contributed by atoms with Gasteiger partial charge in [0.2, 0.25) is 15.8 Å². The van der Waals surface area contributed by atoms with Gasteiger partial charge in [0.25, 0.3) is 0 Å². The summed E-state index contributed by atoms with van der Waals surface area (Å²) < 4.78 is 44.8. The van der Waals surface area contributed by atoms with E-state index < -0.39 is 21.6 Å². The van der Waals surface area contributed by atoms with Gasteiger partial charge in [-0.05, 0) is 23.8 Å². The summed E-state index contributed by atoms with van der Waals surface area (Å²) in [6.07, 6.45) is 0. The Morgan fingerprint density at radius 1 is 1.35 bits per heavy atom. The number of methoxy groups -OCH3 is 1. The third-order valence-corrected chi connectivity index (χ3v) is 4.05. The maximum absolute atomic E-state index is 13.4. The quantitative estimate of drug-likeness (QED) is 0.879. The number of aromatic nitrogens is 2. The summed E-state index contributed by atoms with van der Waals surface area (Å²) in [5.74, 6) is -1.30. The van der Waals surface area contributed by atoms with E-state index in [1.807, 2.05) is 0 Å². The summed E-state index contributed by atoms with van der Waals surface area (Å²) in [6, 6.07) is 6.38. The van der Waals surface area contributed by atoms with Crippen molar-refractivity contribution in [2.24, 2.45) is 0 Å². The molecule has 7 nitrogen and oxygen atoms in total. The van der Waals surface area contributed by atoms with Crippen LogP contribution in [0.2, 0.25) is 5.15 Å². The first kappa shape index (κ1) is 16.9. The topological polar surface area (TPSA) is 105 Å². The van der Waals surface area contributed by atoms with Crippen molar-refractivity contribution >= 4 is 27.4 Å². The highest BCUT2D eigenvalue weighted by atomic mass is 35.5. The molecule has 0 amide bonds. The molecule has 0 saturated carbocycles. The molecule has 0 fully saturated rings. The van der Waals surface area contributed by atoms with Gasteiger partial charge >= 0.3 is 0 Å². The van der Waals surface area contributed by atoms with E-state index in [4.69, 9.17) is 21.6 Å². The molecule has 1 aromatic heterocycles. The Morgan fingerprint density at radius 3 is 2.74 bits per heavy atom. The smallest absolute Gasteiger partial charge is 0.238 e. The normalized spacial score (nSPS) is 10.9. The summed E-state index contributed by atoms with van der Waals surface area (Å²) in [6.45, 7) is 0. The molecule has 2 aromatic rings. The van der Waals surface area contributed by atoms with Gasteiger partial charge < -0.3 is 4.74 Å². The fraction of sp³-hybridized carbons (Fsp3) is 0.154. The van der Waals surface area contributed by atoms with Gasteiger partial charge in [-0.15, -0.1) is 10.2 Å². The van der Waals surface area contributed by atoms with E-state index in [2.05, 4.69) is 14.9 Å². The first-order valence-corrected chi connectivity index (χ1v) is 8.13. The number of rotatable bonds is 5. The molecule has 0 spiro atoms. The Kier molecular flexibility index (Phi) is 4.98. The van der Waals surface area contributed by atoms with Crippen molar-refractivity contribution in [3.05, 3.63) is 46.4 Å². The minimum absolute atomic E-state index is 0.0269. The van der Waals surface area contributed by atoms with Crippen LogP contribution in [0.5, 0.6) is 5.75 Å².